The molecule has 1 aromatic carbocycles. The zero-order valence-corrected chi connectivity index (χ0v) is 16.6. The molecule has 1 amide bonds. The van der Waals surface area contributed by atoms with E-state index in [2.05, 4.69) is 10.3 Å². The van der Waals surface area contributed by atoms with Crippen molar-refractivity contribution >= 4 is 5.91 Å². The molecule has 0 aliphatic rings. The summed E-state index contributed by atoms with van der Waals surface area (Å²) in [6.45, 7) is 5.30. The molecule has 1 unspecified atom stereocenters. The van der Waals surface area contributed by atoms with Crippen molar-refractivity contribution in [3.8, 4) is 11.8 Å². The highest BCUT2D eigenvalue weighted by Crippen LogP contribution is 2.17. The van der Waals surface area contributed by atoms with E-state index in [4.69, 9.17) is 4.74 Å². The predicted molar refractivity (Wildman–Crippen MR) is 108 cm³/mol. The Morgan fingerprint density at radius 2 is 1.96 bits per heavy atom. The Hall–Kier alpha value is -3.33. The number of ether oxygens (including phenoxy) is 1. The summed E-state index contributed by atoms with van der Waals surface area (Å²) in [5.74, 6) is 0.376. The first kappa shape index (κ1) is 21.0. The van der Waals surface area contributed by atoms with Crippen LogP contribution in [0, 0.1) is 11.3 Å². The maximum atomic E-state index is 12.5. The van der Waals surface area contributed by atoms with Gasteiger partial charge in [0.15, 0.2) is 0 Å². The lowest BCUT2D eigenvalue weighted by atomic mass is 10.1. The van der Waals surface area contributed by atoms with Gasteiger partial charge < -0.3 is 15.0 Å². The smallest absolute Gasteiger partial charge is 0.263 e. The molecule has 0 spiro atoms. The summed E-state index contributed by atoms with van der Waals surface area (Å²) in [6, 6.07) is 13.2. The van der Waals surface area contributed by atoms with Gasteiger partial charge >= 0.3 is 0 Å². The number of nitrogens with one attached hydrogen (secondary N) is 1. The van der Waals surface area contributed by atoms with Gasteiger partial charge in [0.1, 0.15) is 17.4 Å². The van der Waals surface area contributed by atoms with Crippen LogP contribution in [0.25, 0.3) is 0 Å². The molecule has 0 fully saturated rings. The zero-order chi connectivity index (χ0) is 20.4. The number of benzene rings is 1. The number of hydrogen-bond acceptors (Lipinski definition) is 5. The minimum absolute atomic E-state index is 0.0944. The van der Waals surface area contributed by atoms with Gasteiger partial charge in [-0.25, -0.2) is 0 Å². The number of hydrogen-bond donors (Lipinski definition) is 1. The van der Waals surface area contributed by atoms with Crippen LogP contribution >= 0.6 is 0 Å². The van der Waals surface area contributed by atoms with Gasteiger partial charge in [-0.2, -0.15) is 5.26 Å². The Morgan fingerprint density at radius 1 is 1.29 bits per heavy atom. The van der Waals surface area contributed by atoms with Gasteiger partial charge in [-0.1, -0.05) is 12.1 Å². The van der Waals surface area contributed by atoms with Crippen molar-refractivity contribution in [2.45, 2.75) is 26.3 Å². The van der Waals surface area contributed by atoms with Crippen LogP contribution in [0.4, 0.5) is 0 Å². The Morgan fingerprint density at radius 3 is 2.54 bits per heavy atom. The summed E-state index contributed by atoms with van der Waals surface area (Å²) < 4.78 is 5.15. The van der Waals surface area contributed by atoms with Crippen molar-refractivity contribution in [3.05, 3.63) is 71.7 Å². The van der Waals surface area contributed by atoms with E-state index in [0.29, 0.717) is 13.1 Å². The van der Waals surface area contributed by atoms with Gasteiger partial charge in [-0.3, -0.25) is 9.78 Å². The average Bonchev–Trinajstić information content (AvgIpc) is 2.74. The number of methoxy groups -OCH3 is 1. The molecule has 0 aliphatic heterocycles. The summed E-state index contributed by atoms with van der Waals surface area (Å²) in [7, 11) is 1.61. The number of pyridine rings is 1. The second kappa shape index (κ2) is 10.7. The third kappa shape index (κ3) is 6.13. The molecular weight excluding hydrogens is 352 g/mol. The molecule has 146 valence electrons. The summed E-state index contributed by atoms with van der Waals surface area (Å²) in [4.78, 5) is 18.5. The molecule has 0 radical (unpaired) electrons. The molecule has 0 aliphatic carbocycles. The van der Waals surface area contributed by atoms with E-state index in [9.17, 15) is 10.1 Å². The molecule has 1 aromatic heterocycles. The molecule has 2 aromatic rings. The molecule has 1 N–H and O–H groups in total. The van der Waals surface area contributed by atoms with Crippen LogP contribution in [-0.2, 0) is 11.2 Å². The topological polar surface area (TPSA) is 78.2 Å². The number of carbonyl (C=O) groups excluding carboxylic acids is 1. The normalized spacial score (nSPS) is 12.0. The number of aromatic nitrogens is 1. The van der Waals surface area contributed by atoms with Crippen LogP contribution < -0.4 is 10.1 Å². The van der Waals surface area contributed by atoms with Crippen LogP contribution in [0.3, 0.4) is 0 Å². The molecule has 1 heterocycles. The van der Waals surface area contributed by atoms with Crippen molar-refractivity contribution in [2.75, 3.05) is 20.2 Å². The molecule has 28 heavy (non-hydrogen) atoms. The standard InChI is InChI=1S/C22H26N4O2/c1-4-26(14-11-18-9-12-24-13-10-18)16-20(15-23)22(27)25-17(2)19-5-7-21(28-3)8-6-19/h5-10,12-13,16-17H,4,11,14H2,1-3H3,(H,25,27)/b20-16-. The summed E-state index contributed by atoms with van der Waals surface area (Å²) >= 11 is 0. The number of likely N-dealkylation sites (N-methyl/N-ethyl adjacent to an activating group) is 1. The van der Waals surface area contributed by atoms with Gasteiger partial charge in [-0.15, -0.1) is 0 Å². The monoisotopic (exact) mass is 378 g/mol. The largest absolute Gasteiger partial charge is 0.497 e. The Kier molecular flexibility index (Phi) is 8.04. The second-order valence-electron chi connectivity index (χ2n) is 6.36. The van der Waals surface area contributed by atoms with Crippen molar-refractivity contribution in [1.29, 1.82) is 5.26 Å². The van der Waals surface area contributed by atoms with Crippen LogP contribution in [-0.4, -0.2) is 36.0 Å². The highest BCUT2D eigenvalue weighted by atomic mass is 16.5. The fourth-order valence-electron chi connectivity index (χ4n) is 2.71. The molecule has 0 bridgehead atoms. The van der Waals surface area contributed by atoms with E-state index in [1.54, 1.807) is 25.7 Å². The Balaban J connectivity index is 2.00. The Bertz CT molecular complexity index is 826. The lowest BCUT2D eigenvalue weighted by molar-refractivity contribution is -0.117. The minimum atomic E-state index is -0.381. The number of nitrogens with zero attached hydrogens (tertiary/aromatic N) is 3. The Labute approximate surface area is 166 Å². The zero-order valence-electron chi connectivity index (χ0n) is 16.6. The summed E-state index contributed by atoms with van der Waals surface area (Å²) in [5, 5.41) is 12.3. The van der Waals surface area contributed by atoms with Crippen molar-refractivity contribution in [3.63, 3.8) is 0 Å². The fraction of sp³-hybridized carbons (Fsp3) is 0.318. The third-order valence-corrected chi connectivity index (χ3v) is 4.48. The average molecular weight is 378 g/mol. The van der Waals surface area contributed by atoms with Crippen LogP contribution in [0.5, 0.6) is 5.75 Å². The molecule has 6 heteroatoms. The number of nitriles is 1. The highest BCUT2D eigenvalue weighted by Gasteiger charge is 2.15. The quantitative estimate of drug-likeness (QED) is 0.535. The van der Waals surface area contributed by atoms with E-state index in [1.807, 2.05) is 61.2 Å². The molecule has 0 saturated heterocycles. The van der Waals surface area contributed by atoms with E-state index in [-0.39, 0.29) is 17.5 Å². The molecular formula is C22H26N4O2. The first-order valence-corrected chi connectivity index (χ1v) is 9.27. The number of rotatable bonds is 9. The minimum Gasteiger partial charge on any atom is -0.497 e. The fourth-order valence-corrected chi connectivity index (χ4v) is 2.71. The van der Waals surface area contributed by atoms with Crippen LogP contribution in [0.2, 0.25) is 0 Å². The van der Waals surface area contributed by atoms with E-state index < -0.39 is 0 Å². The van der Waals surface area contributed by atoms with Gasteiger partial charge in [0.2, 0.25) is 0 Å². The van der Waals surface area contributed by atoms with Crippen LogP contribution in [0.1, 0.15) is 31.0 Å². The van der Waals surface area contributed by atoms with E-state index in [1.165, 1.54) is 0 Å². The first-order valence-electron chi connectivity index (χ1n) is 9.27. The lowest BCUT2D eigenvalue weighted by Gasteiger charge is -2.19. The highest BCUT2D eigenvalue weighted by molar-refractivity contribution is 5.97. The molecule has 1 atom stereocenters. The third-order valence-electron chi connectivity index (χ3n) is 4.48. The lowest BCUT2D eigenvalue weighted by Crippen LogP contribution is -2.29. The maximum absolute atomic E-state index is 12.5. The van der Waals surface area contributed by atoms with Gasteiger partial charge in [-0.05, 0) is 55.7 Å². The van der Waals surface area contributed by atoms with Gasteiger partial charge in [0.05, 0.1) is 13.2 Å². The second-order valence-corrected chi connectivity index (χ2v) is 6.36. The van der Waals surface area contributed by atoms with Crippen molar-refractivity contribution in [1.82, 2.24) is 15.2 Å². The van der Waals surface area contributed by atoms with E-state index in [0.717, 1.165) is 23.3 Å². The number of amides is 1. The maximum Gasteiger partial charge on any atom is 0.263 e. The van der Waals surface area contributed by atoms with Crippen molar-refractivity contribution < 1.29 is 9.53 Å². The van der Waals surface area contributed by atoms with Gasteiger partial charge in [0, 0.05) is 31.7 Å². The molecule has 6 nitrogen and oxygen atoms in total. The molecule has 0 saturated carbocycles. The number of carbonyl (C=O) groups is 1. The van der Waals surface area contributed by atoms with Gasteiger partial charge in [0.25, 0.3) is 5.91 Å². The first-order chi connectivity index (χ1) is 13.6. The summed E-state index contributed by atoms with van der Waals surface area (Å²) in [6.07, 6.45) is 5.97. The SMILES string of the molecule is CCN(/C=C(/C#N)C(=O)NC(C)c1ccc(OC)cc1)CCc1ccncc1. The predicted octanol–water partition coefficient (Wildman–Crippen LogP) is 3.24. The summed E-state index contributed by atoms with van der Waals surface area (Å²) in [5.41, 5.74) is 2.20. The van der Waals surface area contributed by atoms with Crippen LogP contribution in [0.15, 0.2) is 60.6 Å². The van der Waals surface area contributed by atoms with Crippen molar-refractivity contribution in [2.24, 2.45) is 0 Å². The molecule has 2 rings (SSSR count). The van der Waals surface area contributed by atoms with E-state index >= 15 is 0 Å².